The number of aromatic amines is 1. The number of hydrogen-bond acceptors (Lipinski definition) is 2. The molecule has 24 heavy (non-hydrogen) atoms. The summed E-state index contributed by atoms with van der Waals surface area (Å²) in [6, 6.07) is 2.71. The van der Waals surface area contributed by atoms with Crippen LogP contribution in [0.25, 0.3) is 10.9 Å². The van der Waals surface area contributed by atoms with E-state index in [0.717, 1.165) is 28.2 Å². The van der Waals surface area contributed by atoms with Gasteiger partial charge in [0.05, 0.1) is 5.69 Å². The van der Waals surface area contributed by atoms with Crippen molar-refractivity contribution >= 4 is 22.5 Å². The molecule has 1 amide bonds. The number of carbonyl (C=O) groups excluding carboxylic acids is 1. The summed E-state index contributed by atoms with van der Waals surface area (Å²) in [6.45, 7) is 7.73. The summed E-state index contributed by atoms with van der Waals surface area (Å²) in [5.74, 6) is -0.728. The highest BCUT2D eigenvalue weighted by molar-refractivity contribution is 5.96. The van der Waals surface area contributed by atoms with Crippen LogP contribution < -0.4 is 10.2 Å². The van der Waals surface area contributed by atoms with Gasteiger partial charge in [0.15, 0.2) is 0 Å². The van der Waals surface area contributed by atoms with E-state index < -0.39 is 6.17 Å². The zero-order chi connectivity index (χ0) is 17.4. The first-order valence-electron chi connectivity index (χ1n) is 8.00. The fourth-order valence-corrected chi connectivity index (χ4v) is 3.43. The average molecular weight is 333 g/mol. The molecule has 1 aliphatic heterocycles. The number of halogens is 2. The fraction of sp³-hybridized carbons (Fsp3) is 0.389. The number of aryl methyl sites for hydroxylation is 2. The zero-order valence-electron chi connectivity index (χ0n) is 13.8. The maximum Gasteiger partial charge on any atom is 0.243 e. The van der Waals surface area contributed by atoms with Crippen molar-refractivity contribution in [3.05, 3.63) is 41.9 Å². The summed E-state index contributed by atoms with van der Waals surface area (Å²) < 4.78 is 28.8. The fourth-order valence-electron chi connectivity index (χ4n) is 3.43. The summed E-state index contributed by atoms with van der Waals surface area (Å²) in [5.41, 5.74) is 3.14. The number of carbonyl (C=O) groups is 1. The third kappa shape index (κ3) is 2.88. The van der Waals surface area contributed by atoms with E-state index in [1.54, 1.807) is 11.0 Å². The number of aromatic nitrogens is 1. The van der Waals surface area contributed by atoms with Gasteiger partial charge in [-0.15, -0.1) is 0 Å². The molecule has 0 aliphatic carbocycles. The summed E-state index contributed by atoms with van der Waals surface area (Å²) in [4.78, 5) is 16.4. The van der Waals surface area contributed by atoms with Crippen LogP contribution in [0.5, 0.6) is 0 Å². The van der Waals surface area contributed by atoms with E-state index in [1.165, 1.54) is 6.07 Å². The molecule has 4 nitrogen and oxygen atoms in total. The van der Waals surface area contributed by atoms with E-state index in [2.05, 4.69) is 16.9 Å². The number of nitrogens with one attached hydrogen (secondary N) is 2. The van der Waals surface area contributed by atoms with Crippen LogP contribution in [0.15, 0.2) is 24.8 Å². The third-order valence-corrected chi connectivity index (χ3v) is 4.64. The van der Waals surface area contributed by atoms with Crippen LogP contribution >= 0.6 is 0 Å². The highest BCUT2D eigenvalue weighted by Gasteiger charge is 2.30. The highest BCUT2D eigenvalue weighted by atomic mass is 19.1. The maximum absolute atomic E-state index is 14.6. The monoisotopic (exact) mass is 333 g/mol. The average Bonchev–Trinajstić information content (AvgIpc) is 2.82. The number of fused-ring (bicyclic) bond motifs is 1. The number of rotatable bonds is 3. The molecule has 0 unspecified atom stereocenters. The van der Waals surface area contributed by atoms with Crippen LogP contribution in [-0.2, 0) is 4.79 Å². The van der Waals surface area contributed by atoms with Gasteiger partial charge in [0.1, 0.15) is 12.0 Å². The number of anilines is 1. The van der Waals surface area contributed by atoms with Crippen molar-refractivity contribution in [2.24, 2.45) is 0 Å². The molecule has 0 spiro atoms. The Hall–Kier alpha value is -2.37. The first-order valence-corrected chi connectivity index (χ1v) is 8.00. The molecular formula is C18H21F2N3O. The lowest BCUT2D eigenvalue weighted by atomic mass is 10.0. The number of H-pyrrole nitrogens is 1. The number of alkyl halides is 1. The number of amides is 1. The molecule has 6 heteroatoms. The van der Waals surface area contributed by atoms with Crippen LogP contribution in [0.3, 0.4) is 0 Å². The van der Waals surface area contributed by atoms with Gasteiger partial charge in [0, 0.05) is 42.1 Å². The lowest BCUT2D eigenvalue weighted by Crippen LogP contribution is -2.51. The van der Waals surface area contributed by atoms with Gasteiger partial charge >= 0.3 is 0 Å². The van der Waals surface area contributed by atoms with E-state index in [1.807, 2.05) is 13.8 Å². The van der Waals surface area contributed by atoms with Gasteiger partial charge in [0.25, 0.3) is 0 Å². The molecule has 1 aliphatic rings. The molecular weight excluding hydrogens is 312 g/mol. The number of hydrogen-bond donors (Lipinski definition) is 2. The first-order chi connectivity index (χ1) is 11.4. The molecule has 3 rings (SSSR count). The van der Waals surface area contributed by atoms with Crippen LogP contribution in [-0.4, -0.2) is 36.2 Å². The smallest absolute Gasteiger partial charge is 0.243 e. The van der Waals surface area contributed by atoms with Crippen LogP contribution in [0.4, 0.5) is 14.5 Å². The minimum absolute atomic E-state index is 0.111. The number of benzene rings is 1. The van der Waals surface area contributed by atoms with Crippen molar-refractivity contribution < 1.29 is 13.6 Å². The Balaban J connectivity index is 2.01. The van der Waals surface area contributed by atoms with E-state index >= 15 is 0 Å². The SMILES string of the molecule is C=CC(=O)N[C@H]1C[C@@H](F)CN(c2c(F)ccc3[nH]c(C)c(C)c23)C1. The summed E-state index contributed by atoms with van der Waals surface area (Å²) >= 11 is 0. The molecule has 2 atom stereocenters. The van der Waals surface area contributed by atoms with Crippen molar-refractivity contribution in [2.75, 3.05) is 18.0 Å². The van der Waals surface area contributed by atoms with Gasteiger partial charge in [0.2, 0.25) is 5.91 Å². The first kappa shape index (κ1) is 16.5. The lowest BCUT2D eigenvalue weighted by molar-refractivity contribution is -0.117. The largest absolute Gasteiger partial charge is 0.364 e. The van der Waals surface area contributed by atoms with Gasteiger partial charge < -0.3 is 15.2 Å². The predicted molar refractivity (Wildman–Crippen MR) is 91.6 cm³/mol. The third-order valence-electron chi connectivity index (χ3n) is 4.64. The van der Waals surface area contributed by atoms with E-state index in [9.17, 15) is 13.6 Å². The van der Waals surface area contributed by atoms with Crippen molar-refractivity contribution in [3.8, 4) is 0 Å². The Morgan fingerprint density at radius 1 is 1.42 bits per heavy atom. The van der Waals surface area contributed by atoms with E-state index in [4.69, 9.17) is 0 Å². The summed E-state index contributed by atoms with van der Waals surface area (Å²) in [7, 11) is 0. The quantitative estimate of drug-likeness (QED) is 0.848. The number of piperidine rings is 1. The molecule has 0 bridgehead atoms. The van der Waals surface area contributed by atoms with Crippen molar-refractivity contribution in [1.82, 2.24) is 10.3 Å². The van der Waals surface area contributed by atoms with Gasteiger partial charge in [-0.05, 0) is 37.6 Å². The summed E-state index contributed by atoms with van der Waals surface area (Å²) in [6.07, 6.45) is 0.246. The Morgan fingerprint density at radius 2 is 2.17 bits per heavy atom. The zero-order valence-corrected chi connectivity index (χ0v) is 13.8. The molecule has 2 heterocycles. The van der Waals surface area contributed by atoms with Crippen molar-refractivity contribution in [2.45, 2.75) is 32.5 Å². The second-order valence-corrected chi connectivity index (χ2v) is 6.34. The standard InChI is InChI=1S/C18H21F2N3O/c1-4-16(24)22-13-7-12(19)8-23(9-13)18-14(20)5-6-15-17(18)10(2)11(3)21-15/h4-6,12-13,21H,1,7-9H2,2-3H3,(H,22,24)/t12-,13+/m1/s1. The Bertz CT molecular complexity index is 799. The van der Waals surface area contributed by atoms with E-state index in [-0.39, 0.29) is 30.7 Å². The molecule has 2 N–H and O–H groups in total. The van der Waals surface area contributed by atoms with Crippen LogP contribution in [0, 0.1) is 19.7 Å². The van der Waals surface area contributed by atoms with Crippen LogP contribution in [0.2, 0.25) is 0 Å². The van der Waals surface area contributed by atoms with Gasteiger partial charge in [-0.1, -0.05) is 6.58 Å². The maximum atomic E-state index is 14.6. The topological polar surface area (TPSA) is 48.1 Å². The Morgan fingerprint density at radius 3 is 2.88 bits per heavy atom. The second-order valence-electron chi connectivity index (χ2n) is 6.34. The van der Waals surface area contributed by atoms with Crippen LogP contribution in [0.1, 0.15) is 17.7 Å². The van der Waals surface area contributed by atoms with Crippen molar-refractivity contribution in [3.63, 3.8) is 0 Å². The molecule has 1 saturated heterocycles. The normalized spacial score (nSPS) is 21.1. The number of nitrogens with zero attached hydrogens (tertiary/aromatic N) is 1. The minimum atomic E-state index is -1.14. The molecule has 0 radical (unpaired) electrons. The van der Waals surface area contributed by atoms with Gasteiger partial charge in [-0.2, -0.15) is 0 Å². The molecule has 1 aromatic carbocycles. The lowest BCUT2D eigenvalue weighted by Gasteiger charge is -2.37. The minimum Gasteiger partial charge on any atom is -0.364 e. The molecule has 128 valence electrons. The van der Waals surface area contributed by atoms with Crippen molar-refractivity contribution in [1.29, 1.82) is 0 Å². The Kier molecular flexibility index (Phi) is 4.30. The molecule has 1 fully saturated rings. The Labute approximate surface area is 139 Å². The van der Waals surface area contributed by atoms with Gasteiger partial charge in [-0.3, -0.25) is 4.79 Å². The molecule has 2 aromatic rings. The molecule has 1 aromatic heterocycles. The van der Waals surface area contributed by atoms with E-state index in [0.29, 0.717) is 12.2 Å². The summed E-state index contributed by atoms with van der Waals surface area (Å²) in [5, 5.41) is 3.49. The predicted octanol–water partition coefficient (Wildman–Crippen LogP) is 3.14. The van der Waals surface area contributed by atoms with Gasteiger partial charge in [-0.25, -0.2) is 8.78 Å². The second kappa shape index (κ2) is 6.26. The molecule has 0 saturated carbocycles. The highest BCUT2D eigenvalue weighted by Crippen LogP contribution is 2.35.